The lowest BCUT2D eigenvalue weighted by Gasteiger charge is -2.28. The van der Waals surface area contributed by atoms with Gasteiger partial charge in [-0.25, -0.2) is 8.42 Å². The van der Waals surface area contributed by atoms with E-state index in [-0.39, 0.29) is 35.2 Å². The van der Waals surface area contributed by atoms with Crippen molar-refractivity contribution in [1.29, 1.82) is 0 Å². The molecule has 1 N–H and O–H groups in total. The summed E-state index contributed by atoms with van der Waals surface area (Å²) in [4.78, 5) is 19.3. The van der Waals surface area contributed by atoms with Crippen molar-refractivity contribution in [3.05, 3.63) is 58.1 Å². The van der Waals surface area contributed by atoms with E-state index in [9.17, 15) is 13.2 Å². The van der Waals surface area contributed by atoms with Crippen LogP contribution in [0.2, 0.25) is 5.02 Å². The Morgan fingerprint density at radius 2 is 2.00 bits per heavy atom. The minimum atomic E-state index is -3.12. The molecule has 2 heterocycles. The molecule has 1 saturated heterocycles. The SMILES string of the molecule is Cc1ccc(N2C(SCC(=O)Nc3cccc(Cl)c3C)=N[C@H]3CS(=O)(=O)C[C@@H]32)c(C)c1. The van der Waals surface area contributed by atoms with Gasteiger partial charge in [-0.15, -0.1) is 0 Å². The molecule has 1 fully saturated rings. The Labute approximate surface area is 192 Å². The summed E-state index contributed by atoms with van der Waals surface area (Å²) in [5, 5.41) is 4.19. The summed E-state index contributed by atoms with van der Waals surface area (Å²) in [6.07, 6.45) is 0. The number of anilines is 2. The summed E-state index contributed by atoms with van der Waals surface area (Å²) in [5.41, 5.74) is 4.63. The Morgan fingerprint density at radius 1 is 1.23 bits per heavy atom. The molecule has 2 aliphatic rings. The van der Waals surface area contributed by atoms with Gasteiger partial charge in [-0.05, 0) is 50.1 Å². The molecule has 2 aliphatic heterocycles. The van der Waals surface area contributed by atoms with E-state index in [0.717, 1.165) is 22.4 Å². The van der Waals surface area contributed by atoms with Crippen LogP contribution < -0.4 is 10.2 Å². The molecule has 0 radical (unpaired) electrons. The second kappa shape index (κ2) is 8.48. The molecule has 0 aliphatic carbocycles. The normalized spacial score (nSPS) is 21.7. The van der Waals surface area contributed by atoms with Gasteiger partial charge in [-0.1, -0.05) is 47.1 Å². The first-order valence-corrected chi connectivity index (χ1v) is 13.2. The zero-order valence-corrected chi connectivity index (χ0v) is 19.9. The lowest BCUT2D eigenvalue weighted by Crippen LogP contribution is -2.39. The third kappa shape index (κ3) is 4.61. The number of sulfone groups is 1. The minimum Gasteiger partial charge on any atom is -0.325 e. The number of hydrogen-bond donors (Lipinski definition) is 1. The number of rotatable bonds is 4. The standard InChI is InChI=1S/C22H24ClN3O3S2/c1-13-7-8-19(14(2)9-13)26-20-12-31(28,29)11-18(20)25-22(26)30-10-21(27)24-17-6-4-5-16(23)15(17)3/h4-9,18,20H,10-12H2,1-3H3,(H,24,27)/t18-,20-/m0/s1. The summed E-state index contributed by atoms with van der Waals surface area (Å²) >= 11 is 7.47. The zero-order valence-electron chi connectivity index (χ0n) is 17.6. The summed E-state index contributed by atoms with van der Waals surface area (Å²) in [7, 11) is -3.12. The lowest BCUT2D eigenvalue weighted by molar-refractivity contribution is -0.113. The van der Waals surface area contributed by atoms with Crippen molar-refractivity contribution in [2.45, 2.75) is 32.9 Å². The molecule has 9 heteroatoms. The largest absolute Gasteiger partial charge is 0.325 e. The predicted octanol–water partition coefficient (Wildman–Crippen LogP) is 3.98. The molecule has 31 heavy (non-hydrogen) atoms. The quantitative estimate of drug-likeness (QED) is 0.720. The van der Waals surface area contributed by atoms with Gasteiger partial charge in [0.25, 0.3) is 0 Å². The molecule has 4 rings (SSSR count). The maximum Gasteiger partial charge on any atom is 0.234 e. The van der Waals surface area contributed by atoms with Crippen molar-refractivity contribution in [2.75, 3.05) is 27.5 Å². The second-order valence-electron chi connectivity index (χ2n) is 8.03. The molecule has 1 amide bonds. The first-order valence-electron chi connectivity index (χ1n) is 9.97. The van der Waals surface area contributed by atoms with Crippen molar-refractivity contribution in [3.63, 3.8) is 0 Å². The first-order chi connectivity index (χ1) is 14.6. The molecule has 2 aromatic carbocycles. The third-order valence-electron chi connectivity index (χ3n) is 5.59. The van der Waals surface area contributed by atoms with Crippen LogP contribution in [0.25, 0.3) is 0 Å². The topological polar surface area (TPSA) is 78.8 Å². The fourth-order valence-electron chi connectivity index (χ4n) is 4.05. The summed E-state index contributed by atoms with van der Waals surface area (Å²) in [6, 6.07) is 10.9. The van der Waals surface area contributed by atoms with Crippen molar-refractivity contribution in [3.8, 4) is 0 Å². The molecule has 0 bridgehead atoms. The molecule has 2 aromatic rings. The maximum atomic E-state index is 12.6. The third-order valence-corrected chi connectivity index (χ3v) is 8.67. The van der Waals surface area contributed by atoms with Crippen molar-refractivity contribution < 1.29 is 13.2 Å². The van der Waals surface area contributed by atoms with Crippen LogP contribution in [-0.2, 0) is 14.6 Å². The highest BCUT2D eigenvalue weighted by atomic mass is 35.5. The number of fused-ring (bicyclic) bond motifs is 1. The van der Waals surface area contributed by atoms with Gasteiger partial charge in [0.2, 0.25) is 5.91 Å². The number of hydrogen-bond acceptors (Lipinski definition) is 6. The minimum absolute atomic E-state index is 0.0526. The number of nitrogens with one attached hydrogen (secondary N) is 1. The van der Waals surface area contributed by atoms with E-state index in [0.29, 0.717) is 15.9 Å². The van der Waals surface area contributed by atoms with Crippen LogP contribution in [0, 0.1) is 20.8 Å². The van der Waals surface area contributed by atoms with Gasteiger partial charge in [0.15, 0.2) is 15.0 Å². The average molecular weight is 478 g/mol. The summed E-state index contributed by atoms with van der Waals surface area (Å²) < 4.78 is 24.4. The monoisotopic (exact) mass is 477 g/mol. The van der Waals surface area contributed by atoms with E-state index in [1.165, 1.54) is 11.8 Å². The molecule has 2 atom stereocenters. The van der Waals surface area contributed by atoms with Crippen molar-refractivity contribution >= 4 is 55.6 Å². The van der Waals surface area contributed by atoms with Crippen LogP contribution in [-0.4, -0.2) is 48.8 Å². The molecule has 0 spiro atoms. The maximum absolute atomic E-state index is 12.6. The van der Waals surface area contributed by atoms with E-state index in [2.05, 4.69) is 11.4 Å². The number of carbonyl (C=O) groups excluding carboxylic acids is 1. The number of aliphatic imine (C=N–C) groups is 1. The van der Waals surface area contributed by atoms with Gasteiger partial charge in [-0.2, -0.15) is 0 Å². The Morgan fingerprint density at radius 3 is 2.74 bits per heavy atom. The number of nitrogens with zero attached hydrogens (tertiary/aromatic N) is 2. The highest BCUT2D eigenvalue weighted by molar-refractivity contribution is 8.14. The van der Waals surface area contributed by atoms with Gasteiger partial charge >= 0.3 is 0 Å². The Hall–Kier alpha value is -2.03. The van der Waals surface area contributed by atoms with Crippen LogP contribution in [0.4, 0.5) is 11.4 Å². The summed E-state index contributed by atoms with van der Waals surface area (Å²) in [5.74, 6) is 0.130. The summed E-state index contributed by atoms with van der Waals surface area (Å²) in [6.45, 7) is 5.89. The highest BCUT2D eigenvalue weighted by Gasteiger charge is 2.47. The molecule has 0 saturated carbocycles. The Kier molecular flexibility index (Phi) is 6.07. The van der Waals surface area contributed by atoms with E-state index < -0.39 is 9.84 Å². The van der Waals surface area contributed by atoms with Gasteiger partial charge in [0, 0.05) is 16.4 Å². The fourth-order valence-corrected chi connectivity index (χ4v) is 6.98. The number of amides is 1. The zero-order chi connectivity index (χ0) is 22.3. The van der Waals surface area contributed by atoms with Gasteiger partial charge in [0.1, 0.15) is 0 Å². The molecule has 0 unspecified atom stereocenters. The van der Waals surface area contributed by atoms with Gasteiger partial charge < -0.3 is 10.2 Å². The van der Waals surface area contributed by atoms with E-state index in [4.69, 9.17) is 16.6 Å². The number of benzene rings is 2. The number of amidine groups is 1. The van der Waals surface area contributed by atoms with Crippen LogP contribution in [0.5, 0.6) is 0 Å². The lowest BCUT2D eigenvalue weighted by atomic mass is 10.1. The second-order valence-corrected chi connectivity index (χ2v) is 11.5. The van der Waals surface area contributed by atoms with E-state index in [1.54, 1.807) is 12.1 Å². The number of aryl methyl sites for hydroxylation is 2. The number of carbonyl (C=O) groups is 1. The van der Waals surface area contributed by atoms with E-state index in [1.807, 2.05) is 43.9 Å². The molecule has 6 nitrogen and oxygen atoms in total. The van der Waals surface area contributed by atoms with Crippen molar-refractivity contribution in [1.82, 2.24) is 0 Å². The van der Waals surface area contributed by atoms with Crippen LogP contribution in [0.1, 0.15) is 16.7 Å². The Balaban J connectivity index is 1.54. The highest BCUT2D eigenvalue weighted by Crippen LogP contribution is 2.37. The number of thioether (sulfide) groups is 1. The molecule has 0 aromatic heterocycles. The molecule has 164 valence electrons. The average Bonchev–Trinajstić information content (AvgIpc) is 3.15. The first kappa shape index (κ1) is 22.2. The number of halogens is 1. The van der Waals surface area contributed by atoms with Crippen LogP contribution >= 0.6 is 23.4 Å². The van der Waals surface area contributed by atoms with Crippen LogP contribution in [0.3, 0.4) is 0 Å². The van der Waals surface area contributed by atoms with Gasteiger partial charge in [-0.3, -0.25) is 9.79 Å². The van der Waals surface area contributed by atoms with Gasteiger partial charge in [0.05, 0.1) is 29.3 Å². The van der Waals surface area contributed by atoms with Crippen LogP contribution in [0.15, 0.2) is 41.4 Å². The fraction of sp³-hybridized carbons (Fsp3) is 0.364. The van der Waals surface area contributed by atoms with E-state index >= 15 is 0 Å². The molecular weight excluding hydrogens is 454 g/mol. The van der Waals surface area contributed by atoms with Crippen molar-refractivity contribution in [2.24, 2.45) is 4.99 Å². The predicted molar refractivity (Wildman–Crippen MR) is 129 cm³/mol. The molecular formula is C22H24ClN3O3S2. The Bertz CT molecular complexity index is 1180. The smallest absolute Gasteiger partial charge is 0.234 e.